The lowest BCUT2D eigenvalue weighted by Crippen LogP contribution is -1.99. The van der Waals surface area contributed by atoms with Crippen LogP contribution in [0.5, 0.6) is 0 Å². The monoisotopic (exact) mass is 234 g/mol. The van der Waals surface area contributed by atoms with Gasteiger partial charge in [0.05, 0.1) is 0 Å². The molecule has 0 radical (unpaired) electrons. The zero-order chi connectivity index (χ0) is 13.1. The Morgan fingerprint density at radius 3 is 2.18 bits per heavy atom. The van der Waals surface area contributed by atoms with Crippen LogP contribution < -0.4 is 0 Å². The van der Waals surface area contributed by atoms with E-state index in [0.717, 1.165) is 31.1 Å². The molecule has 0 aromatic carbocycles. The minimum atomic E-state index is 0.736. The average molecular weight is 234 g/mol. The molecule has 0 rings (SSSR count). The lowest BCUT2D eigenvalue weighted by Gasteiger charge is -2.15. The van der Waals surface area contributed by atoms with Crippen LogP contribution in [0.1, 0.15) is 59.3 Å². The highest BCUT2D eigenvalue weighted by Gasteiger charge is 2.06. The van der Waals surface area contributed by atoms with E-state index < -0.39 is 0 Å². The van der Waals surface area contributed by atoms with E-state index in [1.165, 1.54) is 19.3 Å². The van der Waals surface area contributed by atoms with Crippen molar-refractivity contribution < 1.29 is 0 Å². The SMILES string of the molecule is C=CCC(C)CCC(=CCC)CC(C)CC=C. The second kappa shape index (κ2) is 10.4. The topological polar surface area (TPSA) is 0 Å². The van der Waals surface area contributed by atoms with Crippen LogP contribution in [-0.2, 0) is 0 Å². The summed E-state index contributed by atoms with van der Waals surface area (Å²) in [6, 6.07) is 0. The Balaban J connectivity index is 4.11. The molecule has 0 fully saturated rings. The van der Waals surface area contributed by atoms with Crippen molar-refractivity contribution >= 4 is 0 Å². The van der Waals surface area contributed by atoms with Crippen LogP contribution >= 0.6 is 0 Å². The van der Waals surface area contributed by atoms with E-state index in [4.69, 9.17) is 0 Å². The van der Waals surface area contributed by atoms with Crippen molar-refractivity contribution in [3.63, 3.8) is 0 Å². The van der Waals surface area contributed by atoms with Gasteiger partial charge in [-0.2, -0.15) is 0 Å². The van der Waals surface area contributed by atoms with E-state index in [9.17, 15) is 0 Å². The summed E-state index contributed by atoms with van der Waals surface area (Å²) < 4.78 is 0. The van der Waals surface area contributed by atoms with E-state index in [-0.39, 0.29) is 0 Å². The molecule has 0 heterocycles. The number of hydrogen-bond donors (Lipinski definition) is 0. The first-order valence-corrected chi connectivity index (χ1v) is 7.03. The van der Waals surface area contributed by atoms with Crippen molar-refractivity contribution in [3.8, 4) is 0 Å². The van der Waals surface area contributed by atoms with Gasteiger partial charge in [0.15, 0.2) is 0 Å². The Morgan fingerprint density at radius 1 is 1.06 bits per heavy atom. The predicted molar refractivity (Wildman–Crippen MR) is 80.2 cm³/mol. The molecule has 0 aromatic heterocycles. The largest absolute Gasteiger partial charge is 0.103 e. The van der Waals surface area contributed by atoms with Gasteiger partial charge in [-0.3, -0.25) is 0 Å². The summed E-state index contributed by atoms with van der Waals surface area (Å²) in [5, 5.41) is 0. The quantitative estimate of drug-likeness (QED) is 0.412. The van der Waals surface area contributed by atoms with Crippen LogP contribution in [0.25, 0.3) is 0 Å². The van der Waals surface area contributed by atoms with Crippen LogP contribution in [0.15, 0.2) is 37.0 Å². The third kappa shape index (κ3) is 8.97. The van der Waals surface area contributed by atoms with Crippen molar-refractivity contribution in [1.29, 1.82) is 0 Å². The number of allylic oxidation sites excluding steroid dienone is 4. The molecule has 0 saturated carbocycles. The molecule has 0 nitrogen and oxygen atoms in total. The molecule has 0 heteroatoms. The standard InChI is InChI=1S/C17H30/c1-6-9-15(4)12-13-17(11-8-3)14-16(5)10-7-2/h6-7,11,15-16H,1-2,8-10,12-14H2,3-5H3. The van der Waals surface area contributed by atoms with Crippen LogP contribution in [0, 0.1) is 11.8 Å². The molecule has 98 valence electrons. The van der Waals surface area contributed by atoms with Crippen LogP contribution in [0.2, 0.25) is 0 Å². The van der Waals surface area contributed by atoms with E-state index >= 15 is 0 Å². The molecular formula is C17H30. The fraction of sp³-hybridized carbons (Fsp3) is 0.647. The molecule has 0 amide bonds. The molecule has 0 aliphatic heterocycles. The zero-order valence-corrected chi connectivity index (χ0v) is 12.0. The first kappa shape index (κ1) is 16.2. The molecule has 0 aliphatic rings. The van der Waals surface area contributed by atoms with Gasteiger partial charge in [0.2, 0.25) is 0 Å². The van der Waals surface area contributed by atoms with Gasteiger partial charge < -0.3 is 0 Å². The second-order valence-corrected chi connectivity index (χ2v) is 5.27. The Morgan fingerprint density at radius 2 is 1.65 bits per heavy atom. The van der Waals surface area contributed by atoms with Gasteiger partial charge in [-0.05, 0) is 50.4 Å². The van der Waals surface area contributed by atoms with E-state index in [1.807, 2.05) is 12.2 Å². The van der Waals surface area contributed by atoms with Gasteiger partial charge in [0.1, 0.15) is 0 Å². The number of rotatable bonds is 10. The van der Waals surface area contributed by atoms with E-state index in [0.29, 0.717) is 0 Å². The molecule has 0 saturated heterocycles. The van der Waals surface area contributed by atoms with Crippen LogP contribution in [0.4, 0.5) is 0 Å². The van der Waals surface area contributed by atoms with Crippen molar-refractivity contribution in [1.82, 2.24) is 0 Å². The normalized spacial score (nSPS) is 15.4. The average Bonchev–Trinajstić information content (AvgIpc) is 2.27. The molecule has 0 spiro atoms. The molecule has 17 heavy (non-hydrogen) atoms. The zero-order valence-electron chi connectivity index (χ0n) is 12.0. The van der Waals surface area contributed by atoms with Gasteiger partial charge in [0.25, 0.3) is 0 Å². The van der Waals surface area contributed by atoms with Crippen molar-refractivity contribution in [2.75, 3.05) is 0 Å². The smallest absolute Gasteiger partial charge is 0.0291 e. The van der Waals surface area contributed by atoms with Crippen molar-refractivity contribution in [3.05, 3.63) is 37.0 Å². The fourth-order valence-electron chi connectivity index (χ4n) is 2.23. The highest BCUT2D eigenvalue weighted by molar-refractivity contribution is 5.03. The second-order valence-electron chi connectivity index (χ2n) is 5.27. The molecule has 0 N–H and O–H groups in total. The van der Waals surface area contributed by atoms with Crippen molar-refractivity contribution in [2.45, 2.75) is 59.3 Å². The lowest BCUT2D eigenvalue weighted by molar-refractivity contribution is 0.511. The van der Waals surface area contributed by atoms with E-state index in [2.05, 4.69) is 40.0 Å². The van der Waals surface area contributed by atoms with Gasteiger partial charge in [-0.1, -0.05) is 44.6 Å². The number of hydrogen-bond acceptors (Lipinski definition) is 0. The summed E-state index contributed by atoms with van der Waals surface area (Å²) in [6.45, 7) is 14.5. The van der Waals surface area contributed by atoms with Crippen LogP contribution in [0.3, 0.4) is 0 Å². The highest BCUT2D eigenvalue weighted by Crippen LogP contribution is 2.23. The summed E-state index contributed by atoms with van der Waals surface area (Å²) in [7, 11) is 0. The summed E-state index contributed by atoms with van der Waals surface area (Å²) in [6.07, 6.45) is 13.7. The molecule has 2 unspecified atom stereocenters. The minimum absolute atomic E-state index is 0.736. The highest BCUT2D eigenvalue weighted by atomic mass is 14.1. The summed E-state index contributed by atoms with van der Waals surface area (Å²) >= 11 is 0. The fourth-order valence-corrected chi connectivity index (χ4v) is 2.23. The minimum Gasteiger partial charge on any atom is -0.103 e. The van der Waals surface area contributed by atoms with Gasteiger partial charge >= 0.3 is 0 Å². The summed E-state index contributed by atoms with van der Waals surface area (Å²) in [5.74, 6) is 1.50. The predicted octanol–water partition coefficient (Wildman–Crippen LogP) is 5.92. The Kier molecular flexibility index (Phi) is 9.90. The van der Waals surface area contributed by atoms with Gasteiger partial charge in [0, 0.05) is 0 Å². The first-order valence-electron chi connectivity index (χ1n) is 7.03. The van der Waals surface area contributed by atoms with E-state index in [1.54, 1.807) is 5.57 Å². The van der Waals surface area contributed by atoms with Gasteiger partial charge in [-0.25, -0.2) is 0 Å². The molecule has 2 atom stereocenters. The molecule has 0 aromatic rings. The Labute approximate surface area is 109 Å². The third-order valence-electron chi connectivity index (χ3n) is 3.20. The van der Waals surface area contributed by atoms with Crippen molar-refractivity contribution in [2.24, 2.45) is 11.8 Å². The lowest BCUT2D eigenvalue weighted by atomic mass is 9.91. The summed E-state index contributed by atoms with van der Waals surface area (Å²) in [4.78, 5) is 0. The molecule has 0 bridgehead atoms. The summed E-state index contributed by atoms with van der Waals surface area (Å²) in [5.41, 5.74) is 1.64. The molecular weight excluding hydrogens is 204 g/mol. The maximum atomic E-state index is 3.82. The Hall–Kier alpha value is -0.780. The maximum Gasteiger partial charge on any atom is -0.0291 e. The third-order valence-corrected chi connectivity index (χ3v) is 3.20. The van der Waals surface area contributed by atoms with Gasteiger partial charge in [-0.15, -0.1) is 13.2 Å². The molecule has 0 aliphatic carbocycles. The Bertz CT molecular complexity index is 234. The van der Waals surface area contributed by atoms with Crippen LogP contribution in [-0.4, -0.2) is 0 Å². The maximum absolute atomic E-state index is 3.82. The first-order chi connectivity index (χ1) is 8.13.